The van der Waals surface area contributed by atoms with Crippen LogP contribution in [0.4, 0.5) is 0 Å². The second kappa shape index (κ2) is 4.60. The summed E-state index contributed by atoms with van der Waals surface area (Å²) in [6.07, 6.45) is 0.969. The van der Waals surface area contributed by atoms with Gasteiger partial charge >= 0.3 is 0 Å². The monoisotopic (exact) mass is 188 g/mol. The first kappa shape index (κ1) is 10.5. The van der Waals surface area contributed by atoms with Gasteiger partial charge in [0.1, 0.15) is 18.0 Å². The maximum absolute atomic E-state index is 9.48. The second-order valence-corrected chi connectivity index (χ2v) is 3.39. The molecule has 0 heterocycles. The Hall–Kier alpha value is -0.580. The standard InChI is InChI=1S/C9H16O4/c10-5-7(11)9(13)8(12)6-3-1-2-4-6/h7,9-13H,1-5H2/t7-,9+/m1/s1. The molecule has 4 heteroatoms. The van der Waals surface area contributed by atoms with E-state index in [4.69, 9.17) is 10.2 Å². The van der Waals surface area contributed by atoms with Gasteiger partial charge in [0.05, 0.1) is 6.61 Å². The zero-order chi connectivity index (χ0) is 9.84. The lowest BCUT2D eigenvalue weighted by molar-refractivity contribution is -0.0143. The molecule has 0 aliphatic heterocycles. The van der Waals surface area contributed by atoms with Crippen LogP contribution in [0.1, 0.15) is 25.7 Å². The van der Waals surface area contributed by atoms with Crippen molar-refractivity contribution in [2.75, 3.05) is 6.61 Å². The van der Waals surface area contributed by atoms with E-state index in [-0.39, 0.29) is 5.76 Å². The molecule has 76 valence electrons. The SMILES string of the molecule is OC[C@@H](O)[C@H](O)C(O)=C1CCCC1. The first-order chi connectivity index (χ1) is 6.16. The van der Waals surface area contributed by atoms with Gasteiger partial charge in [-0.3, -0.25) is 0 Å². The van der Waals surface area contributed by atoms with Crippen molar-refractivity contribution in [2.45, 2.75) is 37.9 Å². The molecule has 2 atom stereocenters. The van der Waals surface area contributed by atoms with Gasteiger partial charge in [-0.15, -0.1) is 0 Å². The first-order valence-corrected chi connectivity index (χ1v) is 4.54. The van der Waals surface area contributed by atoms with E-state index in [0.29, 0.717) is 0 Å². The highest BCUT2D eigenvalue weighted by atomic mass is 16.4. The third kappa shape index (κ3) is 2.43. The molecule has 1 rings (SSSR count). The van der Waals surface area contributed by atoms with Crippen LogP contribution < -0.4 is 0 Å². The summed E-state index contributed by atoms with van der Waals surface area (Å²) < 4.78 is 0. The molecule has 0 amide bonds. The molecule has 0 saturated heterocycles. The summed E-state index contributed by atoms with van der Waals surface area (Å²) in [5.41, 5.74) is 0.806. The van der Waals surface area contributed by atoms with Crippen molar-refractivity contribution in [1.29, 1.82) is 0 Å². The van der Waals surface area contributed by atoms with E-state index in [2.05, 4.69) is 0 Å². The molecule has 0 radical (unpaired) electrons. The molecule has 1 fully saturated rings. The highest BCUT2D eigenvalue weighted by Crippen LogP contribution is 2.27. The topological polar surface area (TPSA) is 80.9 Å². The van der Waals surface area contributed by atoms with Crippen LogP contribution in [-0.2, 0) is 0 Å². The minimum Gasteiger partial charge on any atom is -0.509 e. The van der Waals surface area contributed by atoms with Crippen LogP contribution in [0.2, 0.25) is 0 Å². The number of rotatable bonds is 3. The van der Waals surface area contributed by atoms with E-state index in [0.717, 1.165) is 31.3 Å². The van der Waals surface area contributed by atoms with Gasteiger partial charge < -0.3 is 20.4 Å². The smallest absolute Gasteiger partial charge is 0.139 e. The maximum Gasteiger partial charge on any atom is 0.139 e. The number of aliphatic hydroxyl groups excluding tert-OH is 4. The molecular weight excluding hydrogens is 172 g/mol. The predicted octanol–water partition coefficient (Wildman–Crippen LogP) is 0.0866. The molecule has 0 aromatic heterocycles. The molecule has 13 heavy (non-hydrogen) atoms. The number of aliphatic hydroxyl groups is 4. The van der Waals surface area contributed by atoms with E-state index in [1.165, 1.54) is 0 Å². The molecule has 0 unspecified atom stereocenters. The molecule has 4 nitrogen and oxygen atoms in total. The lowest BCUT2D eigenvalue weighted by Gasteiger charge is -2.16. The van der Waals surface area contributed by atoms with Crippen LogP contribution >= 0.6 is 0 Å². The van der Waals surface area contributed by atoms with Crippen molar-refractivity contribution in [3.8, 4) is 0 Å². The van der Waals surface area contributed by atoms with E-state index in [9.17, 15) is 10.2 Å². The molecule has 1 saturated carbocycles. The van der Waals surface area contributed by atoms with Gasteiger partial charge in [-0.2, -0.15) is 0 Å². The van der Waals surface area contributed by atoms with E-state index >= 15 is 0 Å². The van der Waals surface area contributed by atoms with Gasteiger partial charge in [0.15, 0.2) is 0 Å². The van der Waals surface area contributed by atoms with Crippen LogP contribution in [0.15, 0.2) is 11.3 Å². The van der Waals surface area contributed by atoms with Crippen molar-refractivity contribution < 1.29 is 20.4 Å². The Kier molecular flexibility index (Phi) is 3.71. The zero-order valence-corrected chi connectivity index (χ0v) is 7.48. The van der Waals surface area contributed by atoms with Crippen LogP contribution in [0.25, 0.3) is 0 Å². The molecule has 1 aliphatic rings. The fourth-order valence-electron chi connectivity index (χ4n) is 1.55. The fourth-order valence-corrected chi connectivity index (χ4v) is 1.55. The summed E-state index contributed by atoms with van der Waals surface area (Å²) in [7, 11) is 0. The predicted molar refractivity (Wildman–Crippen MR) is 47.2 cm³/mol. The number of hydrogen-bond acceptors (Lipinski definition) is 4. The highest BCUT2D eigenvalue weighted by Gasteiger charge is 2.23. The Labute approximate surface area is 77.1 Å². The van der Waals surface area contributed by atoms with Crippen molar-refractivity contribution >= 4 is 0 Å². The summed E-state index contributed by atoms with van der Waals surface area (Å²) >= 11 is 0. The lowest BCUT2D eigenvalue weighted by atomic mass is 10.1. The summed E-state index contributed by atoms with van der Waals surface area (Å²) in [6, 6.07) is 0. The summed E-state index contributed by atoms with van der Waals surface area (Å²) in [5.74, 6) is -0.154. The molecular formula is C9H16O4. The van der Waals surface area contributed by atoms with Crippen molar-refractivity contribution in [1.82, 2.24) is 0 Å². The van der Waals surface area contributed by atoms with Crippen molar-refractivity contribution in [3.63, 3.8) is 0 Å². The minimum absolute atomic E-state index is 0.154. The van der Waals surface area contributed by atoms with Crippen LogP contribution in [-0.4, -0.2) is 39.2 Å². The highest BCUT2D eigenvalue weighted by molar-refractivity contribution is 5.15. The number of allylic oxidation sites excluding steroid dienone is 1. The summed E-state index contributed by atoms with van der Waals surface area (Å²) in [5, 5.41) is 36.4. The van der Waals surface area contributed by atoms with E-state index in [1.807, 2.05) is 0 Å². The van der Waals surface area contributed by atoms with Crippen LogP contribution in [0.5, 0.6) is 0 Å². The molecule has 0 bridgehead atoms. The van der Waals surface area contributed by atoms with E-state index < -0.39 is 18.8 Å². The fraction of sp³-hybridized carbons (Fsp3) is 0.778. The quantitative estimate of drug-likeness (QED) is 0.473. The van der Waals surface area contributed by atoms with Crippen LogP contribution in [0.3, 0.4) is 0 Å². The average Bonchev–Trinajstić information content (AvgIpc) is 2.67. The van der Waals surface area contributed by atoms with E-state index in [1.54, 1.807) is 0 Å². The Balaban J connectivity index is 2.64. The average molecular weight is 188 g/mol. The van der Waals surface area contributed by atoms with Gasteiger partial charge in [0, 0.05) is 0 Å². The molecule has 0 aromatic carbocycles. The first-order valence-electron chi connectivity index (χ1n) is 4.54. The van der Waals surface area contributed by atoms with Crippen molar-refractivity contribution in [2.24, 2.45) is 0 Å². The van der Waals surface area contributed by atoms with Gasteiger partial charge in [0.2, 0.25) is 0 Å². The second-order valence-electron chi connectivity index (χ2n) is 3.39. The van der Waals surface area contributed by atoms with Crippen molar-refractivity contribution in [3.05, 3.63) is 11.3 Å². The molecule has 1 aliphatic carbocycles. The van der Waals surface area contributed by atoms with Gasteiger partial charge in [-0.25, -0.2) is 0 Å². The molecule has 0 spiro atoms. The Morgan fingerprint density at radius 1 is 1.23 bits per heavy atom. The van der Waals surface area contributed by atoms with Crippen LogP contribution in [0, 0.1) is 0 Å². The lowest BCUT2D eigenvalue weighted by Crippen LogP contribution is -2.31. The largest absolute Gasteiger partial charge is 0.509 e. The van der Waals surface area contributed by atoms with Gasteiger partial charge in [-0.1, -0.05) is 0 Å². The third-order valence-electron chi connectivity index (χ3n) is 2.40. The Morgan fingerprint density at radius 2 is 1.77 bits per heavy atom. The van der Waals surface area contributed by atoms with Gasteiger partial charge in [-0.05, 0) is 31.3 Å². The zero-order valence-electron chi connectivity index (χ0n) is 7.48. The third-order valence-corrected chi connectivity index (χ3v) is 2.40. The Bertz CT molecular complexity index is 192. The number of hydrogen-bond donors (Lipinski definition) is 4. The summed E-state index contributed by atoms with van der Waals surface area (Å²) in [6.45, 7) is -0.543. The summed E-state index contributed by atoms with van der Waals surface area (Å²) in [4.78, 5) is 0. The van der Waals surface area contributed by atoms with Gasteiger partial charge in [0.25, 0.3) is 0 Å². The maximum atomic E-state index is 9.48. The molecule has 4 N–H and O–H groups in total. The molecule has 0 aromatic rings. The minimum atomic E-state index is -1.34. The Morgan fingerprint density at radius 3 is 2.23 bits per heavy atom. The normalized spacial score (nSPS) is 21.6.